The minimum atomic E-state index is 0.510. The van der Waals surface area contributed by atoms with Crippen molar-refractivity contribution in [3.63, 3.8) is 0 Å². The van der Waals surface area contributed by atoms with E-state index in [-0.39, 0.29) is 0 Å². The van der Waals surface area contributed by atoms with Crippen molar-refractivity contribution in [2.24, 2.45) is 11.3 Å². The van der Waals surface area contributed by atoms with Crippen molar-refractivity contribution in [1.82, 2.24) is 4.90 Å². The van der Waals surface area contributed by atoms with Gasteiger partial charge in [-0.3, -0.25) is 0 Å². The van der Waals surface area contributed by atoms with Crippen LogP contribution in [0.25, 0.3) is 0 Å². The average Bonchev–Trinajstić information content (AvgIpc) is 2.48. The standard InChI is InChI=1S/C8H12N2.2C2H6/c1-8-3-2-7(8)4-10(5-8)6-9;2*1-2/h7H,2-5H2,1H3;2*1-2H3. The SMILES string of the molecule is CC.CC.CC12CCC1CN(C#N)C2. The molecule has 0 N–H and O–H groups in total. The molecule has 2 heteroatoms. The summed E-state index contributed by atoms with van der Waals surface area (Å²) in [7, 11) is 0. The van der Waals surface area contributed by atoms with Gasteiger partial charge in [-0.15, -0.1) is 0 Å². The van der Waals surface area contributed by atoms with E-state index in [0.717, 1.165) is 19.0 Å². The Labute approximate surface area is 88.9 Å². The highest BCUT2D eigenvalue weighted by molar-refractivity contribution is 5.03. The lowest BCUT2D eigenvalue weighted by molar-refractivity contribution is 0.109. The van der Waals surface area contributed by atoms with Gasteiger partial charge in [0.15, 0.2) is 6.19 Å². The van der Waals surface area contributed by atoms with Gasteiger partial charge in [0.2, 0.25) is 0 Å². The summed E-state index contributed by atoms with van der Waals surface area (Å²) in [6.45, 7) is 12.3. The van der Waals surface area contributed by atoms with E-state index in [1.54, 1.807) is 0 Å². The first-order chi connectivity index (χ1) is 6.74. The van der Waals surface area contributed by atoms with E-state index in [1.807, 2.05) is 32.6 Å². The van der Waals surface area contributed by atoms with Gasteiger partial charge in [0.25, 0.3) is 0 Å². The lowest BCUT2D eigenvalue weighted by Gasteiger charge is -2.40. The Morgan fingerprint density at radius 2 is 1.86 bits per heavy atom. The van der Waals surface area contributed by atoms with E-state index >= 15 is 0 Å². The third kappa shape index (κ3) is 2.41. The second-order valence-corrected chi connectivity index (χ2v) is 3.87. The second-order valence-electron chi connectivity index (χ2n) is 3.87. The van der Waals surface area contributed by atoms with Crippen LogP contribution in [-0.4, -0.2) is 18.0 Å². The van der Waals surface area contributed by atoms with Crippen molar-refractivity contribution in [2.45, 2.75) is 47.5 Å². The molecule has 82 valence electrons. The molecule has 1 aliphatic carbocycles. The minimum Gasteiger partial charge on any atom is -0.310 e. The molecule has 0 radical (unpaired) electrons. The van der Waals surface area contributed by atoms with E-state index < -0.39 is 0 Å². The number of hydrogen-bond acceptors (Lipinski definition) is 2. The van der Waals surface area contributed by atoms with Crippen molar-refractivity contribution in [3.8, 4) is 6.19 Å². The van der Waals surface area contributed by atoms with Gasteiger partial charge in [-0.05, 0) is 24.2 Å². The lowest BCUT2D eigenvalue weighted by Crippen LogP contribution is -2.35. The molecule has 1 heterocycles. The van der Waals surface area contributed by atoms with Crippen LogP contribution in [0, 0.1) is 22.8 Å². The normalized spacial score (nSPS) is 32.3. The Bertz CT molecular complexity index is 195. The minimum absolute atomic E-state index is 0.510. The summed E-state index contributed by atoms with van der Waals surface area (Å²) in [5, 5.41) is 8.62. The van der Waals surface area contributed by atoms with Crippen molar-refractivity contribution in [3.05, 3.63) is 0 Å². The Morgan fingerprint density at radius 1 is 1.29 bits per heavy atom. The maximum Gasteiger partial charge on any atom is 0.179 e. The second kappa shape index (κ2) is 5.90. The Balaban J connectivity index is 0.000000379. The fourth-order valence-corrected chi connectivity index (χ4v) is 2.20. The zero-order valence-electron chi connectivity index (χ0n) is 10.3. The maximum atomic E-state index is 8.62. The van der Waals surface area contributed by atoms with Crippen LogP contribution in [0.4, 0.5) is 0 Å². The largest absolute Gasteiger partial charge is 0.310 e. The Morgan fingerprint density at radius 3 is 2.07 bits per heavy atom. The molecule has 0 aromatic carbocycles. The molecule has 0 bridgehead atoms. The molecule has 0 aromatic heterocycles. The predicted molar refractivity (Wildman–Crippen MR) is 60.7 cm³/mol. The third-order valence-corrected chi connectivity index (χ3v) is 3.18. The average molecular weight is 196 g/mol. The zero-order valence-corrected chi connectivity index (χ0v) is 10.3. The highest BCUT2D eigenvalue weighted by atomic mass is 15.2. The monoisotopic (exact) mass is 196 g/mol. The summed E-state index contributed by atoms with van der Waals surface area (Å²) in [5.41, 5.74) is 0.510. The summed E-state index contributed by atoms with van der Waals surface area (Å²) >= 11 is 0. The first kappa shape index (κ1) is 13.3. The molecule has 0 aromatic rings. The van der Waals surface area contributed by atoms with Crippen molar-refractivity contribution in [1.29, 1.82) is 5.26 Å². The summed E-state index contributed by atoms with van der Waals surface area (Å²) in [6.07, 6.45) is 4.89. The summed E-state index contributed by atoms with van der Waals surface area (Å²) in [5.74, 6) is 0.826. The molecule has 14 heavy (non-hydrogen) atoms. The van der Waals surface area contributed by atoms with E-state index in [9.17, 15) is 0 Å². The number of rotatable bonds is 0. The van der Waals surface area contributed by atoms with Crippen molar-refractivity contribution < 1.29 is 0 Å². The van der Waals surface area contributed by atoms with Gasteiger partial charge in [0.05, 0.1) is 0 Å². The summed E-state index contributed by atoms with van der Waals surface area (Å²) < 4.78 is 0. The molecule has 2 fully saturated rings. The van der Waals surface area contributed by atoms with Gasteiger partial charge in [0.1, 0.15) is 0 Å². The molecule has 0 amide bonds. The van der Waals surface area contributed by atoms with Crippen molar-refractivity contribution >= 4 is 0 Å². The highest BCUT2D eigenvalue weighted by Gasteiger charge is 2.49. The molecule has 2 atom stereocenters. The van der Waals surface area contributed by atoms with Gasteiger partial charge in [-0.25, -0.2) is 0 Å². The molecular weight excluding hydrogens is 172 g/mol. The van der Waals surface area contributed by atoms with Crippen molar-refractivity contribution in [2.75, 3.05) is 13.1 Å². The molecule has 1 saturated heterocycles. The van der Waals surface area contributed by atoms with Gasteiger partial charge < -0.3 is 4.90 Å². The summed E-state index contributed by atoms with van der Waals surface area (Å²) in [4.78, 5) is 1.90. The van der Waals surface area contributed by atoms with Crippen LogP contribution >= 0.6 is 0 Å². The number of likely N-dealkylation sites (tertiary alicyclic amines) is 1. The molecule has 0 spiro atoms. The molecular formula is C12H24N2. The molecule has 2 aliphatic rings. The topological polar surface area (TPSA) is 27.0 Å². The van der Waals surface area contributed by atoms with E-state index in [2.05, 4.69) is 13.1 Å². The van der Waals surface area contributed by atoms with Crippen LogP contribution in [0.15, 0.2) is 0 Å². The quantitative estimate of drug-likeness (QED) is 0.556. The number of nitrogens with zero attached hydrogens (tertiary/aromatic N) is 2. The van der Waals surface area contributed by atoms with E-state index in [4.69, 9.17) is 5.26 Å². The number of hydrogen-bond donors (Lipinski definition) is 0. The van der Waals surface area contributed by atoms with Crippen LogP contribution in [-0.2, 0) is 0 Å². The van der Waals surface area contributed by atoms with Gasteiger partial charge in [0, 0.05) is 13.1 Å². The Hall–Kier alpha value is -0.710. The molecule has 2 unspecified atom stereocenters. The lowest BCUT2D eigenvalue weighted by atomic mass is 9.64. The van der Waals surface area contributed by atoms with Crippen LogP contribution in [0.5, 0.6) is 0 Å². The first-order valence-corrected chi connectivity index (χ1v) is 5.89. The van der Waals surface area contributed by atoms with E-state index in [1.165, 1.54) is 12.8 Å². The van der Waals surface area contributed by atoms with Gasteiger partial charge in [-0.2, -0.15) is 5.26 Å². The van der Waals surface area contributed by atoms with E-state index in [0.29, 0.717) is 5.41 Å². The van der Waals surface area contributed by atoms with Crippen LogP contribution in [0.2, 0.25) is 0 Å². The zero-order chi connectivity index (χ0) is 11.2. The third-order valence-electron chi connectivity index (χ3n) is 3.18. The molecule has 2 rings (SSSR count). The van der Waals surface area contributed by atoms with Gasteiger partial charge >= 0.3 is 0 Å². The highest BCUT2D eigenvalue weighted by Crippen LogP contribution is 2.51. The first-order valence-electron chi connectivity index (χ1n) is 5.89. The fourth-order valence-electron chi connectivity index (χ4n) is 2.20. The van der Waals surface area contributed by atoms with Crippen LogP contribution in [0.3, 0.4) is 0 Å². The van der Waals surface area contributed by atoms with Crippen LogP contribution in [0.1, 0.15) is 47.5 Å². The molecule has 1 aliphatic heterocycles. The number of nitriles is 1. The fraction of sp³-hybridized carbons (Fsp3) is 0.917. The van der Waals surface area contributed by atoms with Gasteiger partial charge in [-0.1, -0.05) is 34.6 Å². The van der Waals surface area contributed by atoms with Crippen LogP contribution < -0.4 is 0 Å². The maximum absolute atomic E-state index is 8.62. The Kier molecular flexibility index (Phi) is 5.60. The predicted octanol–water partition coefficient (Wildman–Crippen LogP) is 3.25. The molecule has 2 nitrogen and oxygen atoms in total. The molecule has 1 saturated carbocycles. The number of fused-ring (bicyclic) bond motifs is 1. The summed E-state index contributed by atoms with van der Waals surface area (Å²) in [6, 6.07) is 0. The smallest absolute Gasteiger partial charge is 0.179 e.